The fourth-order valence-electron chi connectivity index (χ4n) is 1.02. The molecule has 0 aliphatic carbocycles. The molecule has 0 amide bonds. The fourth-order valence-corrected chi connectivity index (χ4v) is 1.02. The molecule has 0 radical (unpaired) electrons. The van der Waals surface area contributed by atoms with Crippen molar-refractivity contribution in [3.63, 3.8) is 0 Å². The molecule has 0 aromatic carbocycles. The molecule has 8 heteroatoms. The molecule has 1 fully saturated rings. The largest absolute Gasteiger partial charge is 0.483 e. The Labute approximate surface area is 84.3 Å². The normalized spacial score (nSPS) is 34.9. The highest BCUT2D eigenvalue weighted by atomic mass is 16.5. The summed E-state index contributed by atoms with van der Waals surface area (Å²) in [7, 11) is 0. The van der Waals surface area contributed by atoms with Gasteiger partial charge in [-0.15, -0.1) is 0 Å². The lowest BCUT2D eigenvalue weighted by Crippen LogP contribution is -2.55. The molecule has 4 unspecified atom stereocenters. The maximum atomic E-state index is 10.3. The number of carboxylic acid groups (broad SMARTS) is 2. The molecule has 4 atom stereocenters. The SMILES string of the molecule is O=C(O)C1OCC(O)C(O)C1O.O=CO. The van der Waals surface area contributed by atoms with Gasteiger partial charge in [-0.3, -0.25) is 4.79 Å². The Morgan fingerprint density at radius 2 is 1.73 bits per heavy atom. The smallest absolute Gasteiger partial charge is 0.335 e. The molecule has 1 aliphatic rings. The number of carbonyl (C=O) groups is 2. The van der Waals surface area contributed by atoms with Crippen molar-refractivity contribution in [3.8, 4) is 0 Å². The van der Waals surface area contributed by atoms with E-state index in [-0.39, 0.29) is 13.1 Å². The first kappa shape index (κ1) is 13.8. The summed E-state index contributed by atoms with van der Waals surface area (Å²) < 4.78 is 4.57. The summed E-state index contributed by atoms with van der Waals surface area (Å²) in [5.74, 6) is -1.35. The van der Waals surface area contributed by atoms with Gasteiger partial charge in [-0.1, -0.05) is 0 Å². The molecule has 1 saturated heterocycles. The van der Waals surface area contributed by atoms with Crippen LogP contribution in [0.5, 0.6) is 0 Å². The van der Waals surface area contributed by atoms with Crippen LogP contribution in [-0.2, 0) is 14.3 Å². The summed E-state index contributed by atoms with van der Waals surface area (Å²) in [6.45, 7) is -0.533. The minimum absolute atomic E-state index is 0.250. The van der Waals surface area contributed by atoms with Crippen molar-refractivity contribution in [2.24, 2.45) is 0 Å². The number of aliphatic carboxylic acids is 1. The lowest BCUT2D eigenvalue weighted by molar-refractivity contribution is -0.201. The van der Waals surface area contributed by atoms with Crippen LogP contribution in [0.3, 0.4) is 0 Å². The van der Waals surface area contributed by atoms with E-state index in [4.69, 9.17) is 30.3 Å². The maximum absolute atomic E-state index is 10.3. The Bertz CT molecular complexity index is 217. The van der Waals surface area contributed by atoms with Crippen molar-refractivity contribution in [3.05, 3.63) is 0 Å². The average Bonchev–Trinajstić information content (AvgIpc) is 2.15. The van der Waals surface area contributed by atoms with Crippen molar-refractivity contribution < 1.29 is 39.9 Å². The first-order valence-electron chi connectivity index (χ1n) is 3.92. The van der Waals surface area contributed by atoms with Gasteiger partial charge in [-0.05, 0) is 0 Å². The minimum Gasteiger partial charge on any atom is -0.483 e. The van der Waals surface area contributed by atoms with Gasteiger partial charge in [0.2, 0.25) is 0 Å². The predicted molar refractivity (Wildman–Crippen MR) is 44.1 cm³/mol. The first-order chi connectivity index (χ1) is 6.95. The van der Waals surface area contributed by atoms with E-state index in [0.717, 1.165) is 0 Å². The van der Waals surface area contributed by atoms with Gasteiger partial charge in [-0.25, -0.2) is 4.79 Å². The molecule has 1 heterocycles. The second-order valence-electron chi connectivity index (χ2n) is 2.75. The minimum atomic E-state index is -1.58. The van der Waals surface area contributed by atoms with Crippen LogP contribution in [0.1, 0.15) is 0 Å². The summed E-state index contributed by atoms with van der Waals surface area (Å²) >= 11 is 0. The third-order valence-corrected chi connectivity index (χ3v) is 1.74. The highest BCUT2D eigenvalue weighted by molar-refractivity contribution is 5.73. The molecule has 15 heavy (non-hydrogen) atoms. The zero-order chi connectivity index (χ0) is 12.0. The second-order valence-corrected chi connectivity index (χ2v) is 2.75. The molecule has 8 nitrogen and oxygen atoms in total. The monoisotopic (exact) mass is 224 g/mol. The Balaban J connectivity index is 0.000000583. The third-order valence-electron chi connectivity index (χ3n) is 1.74. The zero-order valence-electron chi connectivity index (χ0n) is 7.55. The van der Waals surface area contributed by atoms with E-state index in [1.807, 2.05) is 0 Å². The van der Waals surface area contributed by atoms with Crippen LogP contribution in [0.25, 0.3) is 0 Å². The van der Waals surface area contributed by atoms with E-state index in [0.29, 0.717) is 0 Å². The van der Waals surface area contributed by atoms with Gasteiger partial charge in [0.05, 0.1) is 6.61 Å². The molecule has 1 aliphatic heterocycles. The Morgan fingerprint density at radius 3 is 2.13 bits per heavy atom. The summed E-state index contributed by atoms with van der Waals surface area (Å²) in [4.78, 5) is 18.7. The molecule has 88 valence electrons. The molecule has 0 bridgehead atoms. The highest BCUT2D eigenvalue weighted by Gasteiger charge is 2.41. The van der Waals surface area contributed by atoms with Crippen molar-refractivity contribution in [2.45, 2.75) is 24.4 Å². The number of hydrogen-bond donors (Lipinski definition) is 5. The zero-order valence-corrected chi connectivity index (χ0v) is 7.55. The quantitative estimate of drug-likeness (QED) is 0.301. The van der Waals surface area contributed by atoms with Crippen molar-refractivity contribution in [1.29, 1.82) is 0 Å². The lowest BCUT2D eigenvalue weighted by atomic mass is 10.0. The number of carboxylic acids is 1. The molecular weight excluding hydrogens is 212 g/mol. The van der Waals surface area contributed by atoms with Gasteiger partial charge < -0.3 is 30.3 Å². The Hall–Kier alpha value is -1.22. The van der Waals surface area contributed by atoms with Gasteiger partial charge in [0.15, 0.2) is 6.10 Å². The molecule has 1 rings (SSSR count). The van der Waals surface area contributed by atoms with Crippen molar-refractivity contribution in [2.75, 3.05) is 6.61 Å². The molecule has 0 aromatic rings. The van der Waals surface area contributed by atoms with Crippen LogP contribution in [0.2, 0.25) is 0 Å². The van der Waals surface area contributed by atoms with Crippen LogP contribution in [0, 0.1) is 0 Å². The van der Waals surface area contributed by atoms with Crippen LogP contribution in [0.4, 0.5) is 0 Å². The van der Waals surface area contributed by atoms with Crippen LogP contribution in [-0.4, -0.2) is 69.0 Å². The van der Waals surface area contributed by atoms with Crippen LogP contribution < -0.4 is 0 Å². The second kappa shape index (κ2) is 6.30. The maximum Gasteiger partial charge on any atom is 0.335 e. The Morgan fingerprint density at radius 1 is 1.27 bits per heavy atom. The number of rotatable bonds is 1. The van der Waals surface area contributed by atoms with Crippen molar-refractivity contribution >= 4 is 12.4 Å². The summed E-state index contributed by atoms with van der Waals surface area (Å²) in [5.41, 5.74) is 0. The van der Waals surface area contributed by atoms with E-state index < -0.39 is 30.4 Å². The van der Waals surface area contributed by atoms with Gasteiger partial charge in [0.25, 0.3) is 6.47 Å². The predicted octanol–water partition coefficient (Wildman–Crippen LogP) is -2.75. The molecular formula is C7H12O8. The van der Waals surface area contributed by atoms with Crippen molar-refractivity contribution in [1.82, 2.24) is 0 Å². The van der Waals surface area contributed by atoms with Gasteiger partial charge >= 0.3 is 5.97 Å². The Kier molecular flexibility index (Phi) is 5.79. The highest BCUT2D eigenvalue weighted by Crippen LogP contribution is 2.15. The molecule has 0 spiro atoms. The summed E-state index contributed by atoms with van der Waals surface area (Å²) in [6, 6.07) is 0. The molecule has 0 saturated carbocycles. The number of aliphatic hydroxyl groups is 3. The lowest BCUT2D eigenvalue weighted by Gasteiger charge is -2.32. The van der Waals surface area contributed by atoms with E-state index >= 15 is 0 Å². The summed E-state index contributed by atoms with van der Waals surface area (Å²) in [6.07, 6.45) is -5.72. The average molecular weight is 224 g/mol. The topological polar surface area (TPSA) is 145 Å². The number of ether oxygens (including phenoxy) is 1. The van der Waals surface area contributed by atoms with E-state index in [1.54, 1.807) is 0 Å². The molecule has 0 aromatic heterocycles. The summed E-state index contributed by atoms with van der Waals surface area (Å²) in [5, 5.41) is 42.3. The van der Waals surface area contributed by atoms with Crippen LogP contribution in [0.15, 0.2) is 0 Å². The number of hydrogen-bond acceptors (Lipinski definition) is 6. The van der Waals surface area contributed by atoms with Gasteiger partial charge in [0, 0.05) is 0 Å². The first-order valence-corrected chi connectivity index (χ1v) is 3.92. The fraction of sp³-hybridized carbons (Fsp3) is 0.714. The van der Waals surface area contributed by atoms with Gasteiger partial charge in [-0.2, -0.15) is 0 Å². The van der Waals surface area contributed by atoms with E-state index in [2.05, 4.69) is 4.74 Å². The van der Waals surface area contributed by atoms with Crippen LogP contribution >= 0.6 is 0 Å². The molecule has 5 N–H and O–H groups in total. The van der Waals surface area contributed by atoms with Gasteiger partial charge in [0.1, 0.15) is 18.3 Å². The van der Waals surface area contributed by atoms with E-state index in [9.17, 15) is 4.79 Å². The number of aliphatic hydroxyl groups excluding tert-OH is 3. The third kappa shape index (κ3) is 3.80. The van der Waals surface area contributed by atoms with E-state index in [1.165, 1.54) is 0 Å². The standard InChI is InChI=1S/C6H10O6.CH2O2/c7-2-1-12-5(6(10)11)4(9)3(2)8;2-1-3/h2-5,7-9H,1H2,(H,10,11);1H,(H,2,3).